The van der Waals surface area contributed by atoms with E-state index in [9.17, 15) is 4.79 Å². The van der Waals surface area contributed by atoms with Crippen molar-refractivity contribution in [2.75, 3.05) is 0 Å². The molecule has 1 amide bonds. The second-order valence-corrected chi connectivity index (χ2v) is 2.83. The highest BCUT2D eigenvalue weighted by Gasteiger charge is 2.09. The van der Waals surface area contributed by atoms with Crippen molar-refractivity contribution in [1.82, 2.24) is 10.1 Å². The molecule has 1 heterocycles. The molecule has 72 valence electrons. The molecule has 0 atom stereocenters. The smallest absolute Gasteiger partial charge is 0.290 e. The maximum atomic E-state index is 10.6. The van der Waals surface area contributed by atoms with Gasteiger partial charge in [-0.15, -0.1) is 0 Å². The van der Waals surface area contributed by atoms with Crippen LogP contribution in [0.3, 0.4) is 0 Å². The van der Waals surface area contributed by atoms with E-state index in [1.54, 1.807) is 0 Å². The van der Waals surface area contributed by atoms with E-state index in [0.717, 1.165) is 19.3 Å². The summed E-state index contributed by atoms with van der Waals surface area (Å²) < 4.78 is 4.81. The number of unbranched alkanes of at least 4 members (excludes halogenated alkanes) is 2. The third kappa shape index (κ3) is 2.85. The van der Waals surface area contributed by atoms with Crippen LogP contribution < -0.4 is 5.73 Å². The standard InChI is InChI=1S/C8H13N3O2/c1-2-3-4-5-6-10-8(7(9)12)11-13-6/h2-5H2,1H3,(H2,9,12). The first-order valence-corrected chi connectivity index (χ1v) is 4.36. The predicted octanol–water partition coefficient (Wildman–Crippen LogP) is 0.901. The highest BCUT2D eigenvalue weighted by molar-refractivity contribution is 5.88. The van der Waals surface area contributed by atoms with Crippen LogP contribution in [-0.4, -0.2) is 16.0 Å². The van der Waals surface area contributed by atoms with Crippen LogP contribution in [-0.2, 0) is 6.42 Å². The fraction of sp³-hybridized carbons (Fsp3) is 0.625. The zero-order chi connectivity index (χ0) is 9.68. The molecule has 0 bridgehead atoms. The topological polar surface area (TPSA) is 82.0 Å². The first-order valence-electron chi connectivity index (χ1n) is 4.36. The molecule has 0 unspecified atom stereocenters. The first kappa shape index (κ1) is 9.70. The molecule has 1 aromatic rings. The molecule has 2 N–H and O–H groups in total. The molecular formula is C8H13N3O2. The molecule has 0 saturated heterocycles. The van der Waals surface area contributed by atoms with Gasteiger partial charge in [0.1, 0.15) is 0 Å². The highest BCUT2D eigenvalue weighted by atomic mass is 16.5. The summed E-state index contributed by atoms with van der Waals surface area (Å²) in [5, 5.41) is 3.43. The molecule has 0 saturated carbocycles. The third-order valence-electron chi connectivity index (χ3n) is 1.68. The molecule has 5 heteroatoms. The van der Waals surface area contributed by atoms with E-state index in [4.69, 9.17) is 10.3 Å². The number of hydrogen-bond donors (Lipinski definition) is 1. The third-order valence-corrected chi connectivity index (χ3v) is 1.68. The molecule has 13 heavy (non-hydrogen) atoms. The van der Waals surface area contributed by atoms with E-state index < -0.39 is 5.91 Å². The summed E-state index contributed by atoms with van der Waals surface area (Å²) in [4.78, 5) is 14.4. The number of carbonyl (C=O) groups excluding carboxylic acids is 1. The van der Waals surface area contributed by atoms with Gasteiger partial charge in [-0.25, -0.2) is 0 Å². The van der Waals surface area contributed by atoms with Crippen molar-refractivity contribution in [3.63, 3.8) is 0 Å². The number of aromatic nitrogens is 2. The number of rotatable bonds is 5. The molecule has 0 aliphatic heterocycles. The fourth-order valence-corrected chi connectivity index (χ4v) is 0.983. The Morgan fingerprint density at radius 1 is 1.54 bits per heavy atom. The zero-order valence-corrected chi connectivity index (χ0v) is 7.62. The van der Waals surface area contributed by atoms with Crippen LogP contribution >= 0.6 is 0 Å². The van der Waals surface area contributed by atoms with Gasteiger partial charge in [-0.1, -0.05) is 24.9 Å². The van der Waals surface area contributed by atoms with Crippen molar-refractivity contribution in [2.24, 2.45) is 5.73 Å². The van der Waals surface area contributed by atoms with Gasteiger partial charge >= 0.3 is 0 Å². The molecule has 0 aromatic carbocycles. The lowest BCUT2D eigenvalue weighted by atomic mass is 10.2. The van der Waals surface area contributed by atoms with Gasteiger partial charge in [0.05, 0.1) is 0 Å². The quantitative estimate of drug-likeness (QED) is 0.687. The Balaban J connectivity index is 2.44. The maximum Gasteiger partial charge on any atom is 0.290 e. The van der Waals surface area contributed by atoms with Crippen LogP contribution in [0.4, 0.5) is 0 Å². The molecule has 0 aliphatic rings. The number of carbonyl (C=O) groups is 1. The van der Waals surface area contributed by atoms with Crippen molar-refractivity contribution >= 4 is 5.91 Å². The van der Waals surface area contributed by atoms with Crippen LogP contribution in [0.15, 0.2) is 4.52 Å². The van der Waals surface area contributed by atoms with Crippen molar-refractivity contribution in [3.8, 4) is 0 Å². The van der Waals surface area contributed by atoms with E-state index in [0.29, 0.717) is 12.3 Å². The number of nitrogens with two attached hydrogens (primary N) is 1. The molecule has 0 spiro atoms. The Hall–Kier alpha value is -1.39. The number of amides is 1. The van der Waals surface area contributed by atoms with Gasteiger partial charge < -0.3 is 10.3 Å². The monoisotopic (exact) mass is 183 g/mol. The average Bonchev–Trinajstić information content (AvgIpc) is 2.53. The number of primary amides is 1. The summed E-state index contributed by atoms with van der Waals surface area (Å²) >= 11 is 0. The Kier molecular flexibility index (Phi) is 3.42. The van der Waals surface area contributed by atoms with Gasteiger partial charge in [0.15, 0.2) is 0 Å². The maximum absolute atomic E-state index is 10.6. The normalized spacial score (nSPS) is 10.2. The van der Waals surface area contributed by atoms with Gasteiger partial charge in [0, 0.05) is 6.42 Å². The Bertz CT molecular complexity index is 283. The highest BCUT2D eigenvalue weighted by Crippen LogP contribution is 2.03. The lowest BCUT2D eigenvalue weighted by Crippen LogP contribution is -2.12. The van der Waals surface area contributed by atoms with Crippen LogP contribution in [0.2, 0.25) is 0 Å². The number of hydrogen-bond acceptors (Lipinski definition) is 4. The molecular weight excluding hydrogens is 170 g/mol. The van der Waals surface area contributed by atoms with Crippen molar-refractivity contribution in [1.29, 1.82) is 0 Å². The van der Waals surface area contributed by atoms with E-state index in [2.05, 4.69) is 17.1 Å². The largest absolute Gasteiger partial charge is 0.363 e. The summed E-state index contributed by atoms with van der Waals surface area (Å²) in [6.45, 7) is 2.11. The molecule has 5 nitrogen and oxygen atoms in total. The van der Waals surface area contributed by atoms with Gasteiger partial charge in [0.25, 0.3) is 11.7 Å². The zero-order valence-electron chi connectivity index (χ0n) is 7.62. The van der Waals surface area contributed by atoms with Crippen LogP contribution in [0, 0.1) is 0 Å². The minimum atomic E-state index is -0.648. The second kappa shape index (κ2) is 4.59. The Morgan fingerprint density at radius 3 is 2.85 bits per heavy atom. The summed E-state index contributed by atoms with van der Waals surface area (Å²) in [5.74, 6) is -0.195. The Morgan fingerprint density at radius 2 is 2.31 bits per heavy atom. The van der Waals surface area contributed by atoms with Gasteiger partial charge in [-0.05, 0) is 6.42 Å². The van der Waals surface area contributed by atoms with E-state index in [1.807, 2.05) is 0 Å². The molecule has 0 radical (unpaired) electrons. The first-order chi connectivity index (χ1) is 6.24. The van der Waals surface area contributed by atoms with Crippen LogP contribution in [0.25, 0.3) is 0 Å². The summed E-state index contributed by atoms with van der Waals surface area (Å²) in [6.07, 6.45) is 3.97. The predicted molar refractivity (Wildman–Crippen MR) is 46.0 cm³/mol. The lowest BCUT2D eigenvalue weighted by molar-refractivity contribution is 0.0987. The molecule has 0 fully saturated rings. The van der Waals surface area contributed by atoms with Crippen molar-refractivity contribution in [2.45, 2.75) is 32.6 Å². The van der Waals surface area contributed by atoms with Crippen molar-refractivity contribution in [3.05, 3.63) is 11.7 Å². The van der Waals surface area contributed by atoms with E-state index in [1.165, 1.54) is 0 Å². The number of nitrogens with zero attached hydrogens (tertiary/aromatic N) is 2. The van der Waals surface area contributed by atoms with E-state index >= 15 is 0 Å². The average molecular weight is 183 g/mol. The summed E-state index contributed by atoms with van der Waals surface area (Å²) in [6, 6.07) is 0. The molecule has 1 rings (SSSR count). The fourth-order valence-electron chi connectivity index (χ4n) is 0.983. The lowest BCUT2D eigenvalue weighted by Gasteiger charge is -1.90. The SMILES string of the molecule is CCCCCc1nc(C(N)=O)no1. The van der Waals surface area contributed by atoms with E-state index in [-0.39, 0.29) is 5.82 Å². The van der Waals surface area contributed by atoms with Gasteiger partial charge in [0.2, 0.25) is 5.89 Å². The summed E-state index contributed by atoms with van der Waals surface area (Å²) in [7, 11) is 0. The second-order valence-electron chi connectivity index (χ2n) is 2.83. The van der Waals surface area contributed by atoms with Crippen molar-refractivity contribution < 1.29 is 9.32 Å². The number of aryl methyl sites for hydroxylation is 1. The minimum Gasteiger partial charge on any atom is -0.363 e. The molecule has 1 aromatic heterocycles. The van der Waals surface area contributed by atoms with Crippen LogP contribution in [0.5, 0.6) is 0 Å². The van der Waals surface area contributed by atoms with Crippen LogP contribution in [0.1, 0.15) is 42.7 Å². The van der Waals surface area contributed by atoms with Gasteiger partial charge in [-0.2, -0.15) is 4.98 Å². The Labute approximate surface area is 76.3 Å². The molecule has 0 aliphatic carbocycles. The summed E-state index contributed by atoms with van der Waals surface area (Å²) in [5.41, 5.74) is 4.96. The van der Waals surface area contributed by atoms with Gasteiger partial charge in [-0.3, -0.25) is 4.79 Å². The minimum absolute atomic E-state index is 0.0356.